The van der Waals surface area contributed by atoms with Crippen molar-refractivity contribution in [3.8, 4) is 0 Å². The minimum Gasteiger partial charge on any atom is -0.327 e. The van der Waals surface area contributed by atoms with Crippen LogP contribution in [-0.4, -0.2) is 32.6 Å². The van der Waals surface area contributed by atoms with Crippen LogP contribution in [0.2, 0.25) is 0 Å². The summed E-state index contributed by atoms with van der Waals surface area (Å²) in [5.74, 6) is -0.282. The van der Waals surface area contributed by atoms with Crippen molar-refractivity contribution >= 4 is 15.7 Å². The highest BCUT2D eigenvalue weighted by molar-refractivity contribution is 7.91. The third kappa shape index (κ3) is 1.45. The lowest BCUT2D eigenvalue weighted by atomic mass is 10.7. The van der Waals surface area contributed by atoms with Crippen LogP contribution in [0.15, 0.2) is 0 Å². The molecule has 1 fully saturated rings. The molecular weight excluding hydrogens is 156 g/mol. The van der Waals surface area contributed by atoms with Gasteiger partial charge in [-0.3, -0.25) is 10.1 Å². The van der Waals surface area contributed by atoms with Crippen LogP contribution < -0.4 is 10.6 Å². The van der Waals surface area contributed by atoms with Crippen LogP contribution >= 0.6 is 0 Å². The lowest BCUT2D eigenvalue weighted by Crippen LogP contribution is -2.39. The van der Waals surface area contributed by atoms with Gasteiger partial charge >= 0.3 is 0 Å². The van der Waals surface area contributed by atoms with Gasteiger partial charge in [-0.05, 0) is 0 Å². The van der Waals surface area contributed by atoms with E-state index in [1.165, 1.54) is 0 Å². The second-order valence-corrected chi connectivity index (χ2v) is 4.29. The summed E-state index contributed by atoms with van der Waals surface area (Å²) in [5.41, 5.74) is -0.889. The number of amides is 1. The SMILES string of the molecule is CS(=O)(=O)C1NCC(=O)N1. The van der Waals surface area contributed by atoms with Crippen molar-refractivity contribution in [3.63, 3.8) is 0 Å². The molecule has 1 aliphatic heterocycles. The lowest BCUT2D eigenvalue weighted by molar-refractivity contribution is -0.118. The fraction of sp³-hybridized carbons (Fsp3) is 0.750. The van der Waals surface area contributed by atoms with Crippen LogP contribution in [0.1, 0.15) is 0 Å². The molecule has 1 unspecified atom stereocenters. The Balaban J connectivity index is 2.71. The highest BCUT2D eigenvalue weighted by Gasteiger charge is 2.27. The molecule has 0 bridgehead atoms. The van der Waals surface area contributed by atoms with Gasteiger partial charge in [-0.1, -0.05) is 0 Å². The standard InChI is InChI=1S/C4H8N2O3S/c1-10(8,9)4-5-2-3(7)6-4/h4-5H,2H2,1H3,(H,6,7). The number of sulfone groups is 1. The normalized spacial score (nSPS) is 26.5. The monoisotopic (exact) mass is 164 g/mol. The van der Waals surface area contributed by atoms with Crippen molar-refractivity contribution in [2.75, 3.05) is 12.8 Å². The number of carbonyl (C=O) groups is 1. The van der Waals surface area contributed by atoms with Gasteiger partial charge in [0.2, 0.25) is 5.91 Å². The second kappa shape index (κ2) is 2.21. The number of carbonyl (C=O) groups excluding carboxylic acids is 1. The maximum atomic E-state index is 10.7. The first-order chi connectivity index (χ1) is 4.50. The summed E-state index contributed by atoms with van der Waals surface area (Å²) in [6.07, 6.45) is 1.07. The van der Waals surface area contributed by atoms with Gasteiger partial charge in [-0.25, -0.2) is 8.42 Å². The molecule has 2 N–H and O–H groups in total. The summed E-state index contributed by atoms with van der Waals surface area (Å²) >= 11 is 0. The number of nitrogens with one attached hydrogen (secondary N) is 2. The Bertz CT molecular complexity index is 245. The van der Waals surface area contributed by atoms with Gasteiger partial charge < -0.3 is 5.32 Å². The van der Waals surface area contributed by atoms with E-state index >= 15 is 0 Å². The average molecular weight is 164 g/mol. The van der Waals surface area contributed by atoms with Gasteiger partial charge in [0, 0.05) is 6.26 Å². The molecule has 1 heterocycles. The van der Waals surface area contributed by atoms with Gasteiger partial charge in [0.1, 0.15) is 0 Å². The van der Waals surface area contributed by atoms with E-state index in [1.807, 2.05) is 0 Å². The molecule has 10 heavy (non-hydrogen) atoms. The molecule has 0 aliphatic carbocycles. The first-order valence-corrected chi connectivity index (χ1v) is 4.67. The molecule has 0 aromatic carbocycles. The molecule has 58 valence electrons. The molecule has 1 aliphatic rings. The zero-order chi connectivity index (χ0) is 7.78. The number of hydrogen-bond acceptors (Lipinski definition) is 4. The van der Waals surface area contributed by atoms with Crippen LogP contribution in [0.3, 0.4) is 0 Å². The molecule has 6 heteroatoms. The van der Waals surface area contributed by atoms with Crippen LogP contribution in [0.25, 0.3) is 0 Å². The van der Waals surface area contributed by atoms with Crippen molar-refractivity contribution in [1.29, 1.82) is 0 Å². The molecule has 0 aromatic rings. The van der Waals surface area contributed by atoms with Crippen LogP contribution in [-0.2, 0) is 14.6 Å². The van der Waals surface area contributed by atoms with Crippen molar-refractivity contribution in [2.24, 2.45) is 0 Å². The maximum Gasteiger partial charge on any atom is 0.236 e. The average Bonchev–Trinajstić information content (AvgIpc) is 2.11. The molecule has 1 amide bonds. The maximum absolute atomic E-state index is 10.7. The number of rotatable bonds is 1. The Labute approximate surface area is 58.7 Å². The Morgan fingerprint density at radius 2 is 2.20 bits per heavy atom. The van der Waals surface area contributed by atoms with Gasteiger partial charge in [-0.15, -0.1) is 0 Å². The lowest BCUT2D eigenvalue weighted by Gasteiger charge is -2.05. The van der Waals surface area contributed by atoms with E-state index in [4.69, 9.17) is 0 Å². The van der Waals surface area contributed by atoms with E-state index in [2.05, 4.69) is 10.6 Å². The quantitative estimate of drug-likeness (QED) is 0.471. The van der Waals surface area contributed by atoms with E-state index in [-0.39, 0.29) is 12.5 Å². The molecule has 5 nitrogen and oxygen atoms in total. The van der Waals surface area contributed by atoms with Gasteiger partial charge in [0.05, 0.1) is 6.54 Å². The highest BCUT2D eigenvalue weighted by atomic mass is 32.2. The minimum absolute atomic E-state index is 0.0811. The molecule has 0 aromatic heterocycles. The molecule has 1 atom stereocenters. The number of hydrogen-bond donors (Lipinski definition) is 2. The molecule has 0 radical (unpaired) electrons. The molecule has 1 saturated heterocycles. The Morgan fingerprint density at radius 3 is 2.40 bits per heavy atom. The van der Waals surface area contributed by atoms with Crippen molar-refractivity contribution in [2.45, 2.75) is 5.50 Å². The van der Waals surface area contributed by atoms with E-state index in [9.17, 15) is 13.2 Å². The predicted octanol–water partition coefficient (Wildman–Crippen LogP) is -1.97. The van der Waals surface area contributed by atoms with E-state index in [1.54, 1.807) is 0 Å². The molecule has 0 saturated carbocycles. The molecule has 0 spiro atoms. The van der Waals surface area contributed by atoms with Crippen LogP contribution in [0.5, 0.6) is 0 Å². The third-order valence-electron chi connectivity index (χ3n) is 1.17. The Hall–Kier alpha value is -0.620. The van der Waals surface area contributed by atoms with Crippen molar-refractivity contribution < 1.29 is 13.2 Å². The largest absolute Gasteiger partial charge is 0.327 e. The Kier molecular flexibility index (Phi) is 1.65. The second-order valence-electron chi connectivity index (χ2n) is 2.16. The Morgan fingerprint density at radius 1 is 1.60 bits per heavy atom. The smallest absolute Gasteiger partial charge is 0.236 e. The first-order valence-electron chi connectivity index (χ1n) is 2.72. The minimum atomic E-state index is -3.18. The summed E-state index contributed by atoms with van der Waals surface area (Å²) in [6, 6.07) is 0. The van der Waals surface area contributed by atoms with E-state index in [0.717, 1.165) is 6.26 Å². The molecular formula is C4H8N2O3S. The fourth-order valence-corrected chi connectivity index (χ4v) is 1.42. The van der Waals surface area contributed by atoms with E-state index < -0.39 is 15.3 Å². The van der Waals surface area contributed by atoms with Gasteiger partial charge in [0.25, 0.3) is 0 Å². The third-order valence-corrected chi connectivity index (χ3v) is 2.31. The topological polar surface area (TPSA) is 75.3 Å². The van der Waals surface area contributed by atoms with Gasteiger partial charge in [-0.2, -0.15) is 0 Å². The fourth-order valence-electron chi connectivity index (χ4n) is 0.692. The van der Waals surface area contributed by atoms with E-state index in [0.29, 0.717) is 0 Å². The van der Waals surface area contributed by atoms with Crippen LogP contribution in [0.4, 0.5) is 0 Å². The summed E-state index contributed by atoms with van der Waals surface area (Å²) in [7, 11) is -3.18. The first kappa shape index (κ1) is 7.49. The zero-order valence-electron chi connectivity index (χ0n) is 5.42. The van der Waals surface area contributed by atoms with Gasteiger partial charge in [0.15, 0.2) is 15.3 Å². The summed E-state index contributed by atoms with van der Waals surface area (Å²) in [6.45, 7) is 0.0811. The van der Waals surface area contributed by atoms with Crippen LogP contribution in [0, 0.1) is 0 Å². The van der Waals surface area contributed by atoms with Crippen molar-refractivity contribution in [3.05, 3.63) is 0 Å². The van der Waals surface area contributed by atoms with Crippen molar-refractivity contribution in [1.82, 2.24) is 10.6 Å². The summed E-state index contributed by atoms with van der Waals surface area (Å²) in [4.78, 5) is 10.5. The highest BCUT2D eigenvalue weighted by Crippen LogP contribution is 1.94. The zero-order valence-corrected chi connectivity index (χ0v) is 6.23. The predicted molar refractivity (Wildman–Crippen MR) is 34.8 cm³/mol. The summed E-state index contributed by atoms with van der Waals surface area (Å²) in [5, 5.41) is 4.75. The molecule has 1 rings (SSSR count). The summed E-state index contributed by atoms with van der Waals surface area (Å²) < 4.78 is 21.4.